The van der Waals surface area contributed by atoms with Crippen LogP contribution in [0.3, 0.4) is 0 Å². The molecule has 1 aliphatic rings. The molecule has 10 heteroatoms. The van der Waals surface area contributed by atoms with Crippen LogP contribution in [-0.2, 0) is 27.9 Å². The van der Waals surface area contributed by atoms with E-state index in [1.54, 1.807) is 12.1 Å². The van der Waals surface area contributed by atoms with Crippen LogP contribution in [0.2, 0.25) is 0 Å². The summed E-state index contributed by atoms with van der Waals surface area (Å²) in [4.78, 5) is 24.5. The standard InChI is InChI=1S/C23H27N3O6S/c1-2-22(28)24-19-12-20(16-27)26(15-19)33(31,32)21-10-8-18(9-11-21)14-25(23(29)30)13-17-6-4-3-5-7-17/h2-11,19-20,27H,1,12-16H2,(H,24,28)(H,29,30). The van der Waals surface area contributed by atoms with Crippen LogP contribution < -0.4 is 5.32 Å². The largest absolute Gasteiger partial charge is 0.465 e. The Morgan fingerprint density at radius 1 is 1.09 bits per heavy atom. The van der Waals surface area contributed by atoms with Crippen molar-refractivity contribution in [3.63, 3.8) is 0 Å². The average molecular weight is 474 g/mol. The minimum absolute atomic E-state index is 0.0327. The molecule has 33 heavy (non-hydrogen) atoms. The van der Waals surface area contributed by atoms with Crippen LogP contribution in [0.25, 0.3) is 0 Å². The number of carbonyl (C=O) groups is 2. The van der Waals surface area contributed by atoms with Gasteiger partial charge in [0.25, 0.3) is 0 Å². The van der Waals surface area contributed by atoms with E-state index in [1.807, 2.05) is 30.3 Å². The highest BCUT2D eigenvalue weighted by Crippen LogP contribution is 2.27. The topological polar surface area (TPSA) is 127 Å². The molecule has 0 bridgehead atoms. The van der Waals surface area contributed by atoms with Gasteiger partial charge in [0, 0.05) is 25.7 Å². The lowest BCUT2D eigenvalue weighted by atomic mass is 10.2. The monoisotopic (exact) mass is 473 g/mol. The van der Waals surface area contributed by atoms with Crippen LogP contribution in [0, 0.1) is 0 Å². The van der Waals surface area contributed by atoms with Gasteiger partial charge in [-0.2, -0.15) is 4.31 Å². The summed E-state index contributed by atoms with van der Waals surface area (Å²) in [6.45, 7) is 3.37. The lowest BCUT2D eigenvalue weighted by Crippen LogP contribution is -2.39. The minimum atomic E-state index is -3.92. The van der Waals surface area contributed by atoms with E-state index in [0.717, 1.165) is 11.6 Å². The van der Waals surface area contributed by atoms with Crippen molar-refractivity contribution in [2.24, 2.45) is 0 Å². The van der Waals surface area contributed by atoms with Gasteiger partial charge in [0.15, 0.2) is 0 Å². The predicted octanol–water partition coefficient (Wildman–Crippen LogP) is 1.79. The molecule has 3 N–H and O–H groups in total. The second kappa shape index (κ2) is 10.6. The molecule has 1 heterocycles. The van der Waals surface area contributed by atoms with Gasteiger partial charge in [0.1, 0.15) is 0 Å². The van der Waals surface area contributed by atoms with Crippen molar-refractivity contribution in [1.29, 1.82) is 0 Å². The minimum Gasteiger partial charge on any atom is -0.465 e. The molecule has 0 spiro atoms. The number of hydrogen-bond donors (Lipinski definition) is 3. The second-order valence-corrected chi connectivity index (χ2v) is 9.72. The molecule has 2 unspecified atom stereocenters. The Labute approximate surface area is 193 Å². The SMILES string of the molecule is C=CC(=O)NC1CC(CO)N(S(=O)(=O)c2ccc(CN(Cc3ccccc3)C(=O)O)cc2)C1. The highest BCUT2D eigenvalue weighted by Gasteiger charge is 2.40. The molecule has 1 saturated heterocycles. The van der Waals surface area contributed by atoms with Gasteiger partial charge in [0.2, 0.25) is 15.9 Å². The van der Waals surface area contributed by atoms with Gasteiger partial charge in [0.05, 0.1) is 17.5 Å². The Balaban J connectivity index is 1.73. The van der Waals surface area contributed by atoms with Crippen LogP contribution >= 0.6 is 0 Å². The van der Waals surface area contributed by atoms with E-state index < -0.39 is 34.1 Å². The van der Waals surface area contributed by atoms with E-state index in [1.165, 1.54) is 21.3 Å². The zero-order chi connectivity index (χ0) is 24.0. The second-order valence-electron chi connectivity index (χ2n) is 7.82. The van der Waals surface area contributed by atoms with Gasteiger partial charge in [-0.3, -0.25) is 9.69 Å². The summed E-state index contributed by atoms with van der Waals surface area (Å²) in [5.41, 5.74) is 1.49. The van der Waals surface area contributed by atoms with E-state index >= 15 is 0 Å². The fourth-order valence-corrected chi connectivity index (χ4v) is 5.50. The van der Waals surface area contributed by atoms with E-state index in [9.17, 15) is 28.2 Å². The number of aliphatic hydroxyl groups is 1. The van der Waals surface area contributed by atoms with Gasteiger partial charge >= 0.3 is 6.09 Å². The Hall–Kier alpha value is -3.21. The highest BCUT2D eigenvalue weighted by molar-refractivity contribution is 7.89. The van der Waals surface area contributed by atoms with Gasteiger partial charge in [-0.15, -0.1) is 0 Å². The molecule has 1 aliphatic heterocycles. The first-order valence-electron chi connectivity index (χ1n) is 10.4. The van der Waals surface area contributed by atoms with Crippen LogP contribution in [0.5, 0.6) is 0 Å². The number of sulfonamides is 1. The average Bonchev–Trinajstić information content (AvgIpc) is 3.23. The number of aliphatic hydroxyl groups excluding tert-OH is 1. The summed E-state index contributed by atoms with van der Waals surface area (Å²) < 4.78 is 27.5. The summed E-state index contributed by atoms with van der Waals surface area (Å²) >= 11 is 0. The third-order valence-corrected chi connectivity index (χ3v) is 7.43. The zero-order valence-electron chi connectivity index (χ0n) is 18.0. The van der Waals surface area contributed by atoms with Crippen molar-refractivity contribution in [3.05, 3.63) is 78.4 Å². The lowest BCUT2D eigenvalue weighted by Gasteiger charge is -2.23. The maximum Gasteiger partial charge on any atom is 0.407 e. The lowest BCUT2D eigenvalue weighted by molar-refractivity contribution is -0.117. The highest BCUT2D eigenvalue weighted by atomic mass is 32.2. The van der Waals surface area contributed by atoms with E-state index in [4.69, 9.17) is 0 Å². The quantitative estimate of drug-likeness (QED) is 0.477. The molecule has 2 aromatic rings. The fraction of sp³-hybridized carbons (Fsp3) is 0.304. The molecule has 176 valence electrons. The molecule has 0 saturated carbocycles. The molecule has 1 fully saturated rings. The van der Waals surface area contributed by atoms with Crippen LogP contribution in [-0.4, -0.2) is 65.1 Å². The predicted molar refractivity (Wildman–Crippen MR) is 122 cm³/mol. The van der Waals surface area contributed by atoms with Crippen molar-refractivity contribution in [1.82, 2.24) is 14.5 Å². The first kappa shape index (κ1) is 24.4. The van der Waals surface area contributed by atoms with Crippen LogP contribution in [0.15, 0.2) is 72.1 Å². The van der Waals surface area contributed by atoms with Gasteiger partial charge in [-0.05, 0) is 35.8 Å². The normalized spacial score (nSPS) is 18.6. The summed E-state index contributed by atoms with van der Waals surface area (Å²) in [5, 5.41) is 21.9. The van der Waals surface area contributed by atoms with Gasteiger partial charge < -0.3 is 15.5 Å². The molecular weight excluding hydrogens is 446 g/mol. The van der Waals surface area contributed by atoms with Gasteiger partial charge in [-0.1, -0.05) is 49.0 Å². The molecule has 9 nitrogen and oxygen atoms in total. The maximum atomic E-state index is 13.2. The van der Waals surface area contributed by atoms with Crippen molar-refractivity contribution in [3.8, 4) is 0 Å². The van der Waals surface area contributed by atoms with Gasteiger partial charge in [-0.25, -0.2) is 13.2 Å². The first-order chi connectivity index (χ1) is 15.7. The Morgan fingerprint density at radius 3 is 2.24 bits per heavy atom. The maximum absolute atomic E-state index is 13.2. The number of amides is 2. The van der Waals surface area contributed by atoms with Crippen molar-refractivity contribution < 1.29 is 28.2 Å². The molecule has 0 aromatic heterocycles. The summed E-state index contributed by atoms with van der Waals surface area (Å²) in [7, 11) is -3.92. The Kier molecular flexibility index (Phi) is 7.85. The summed E-state index contributed by atoms with van der Waals surface area (Å²) in [6.07, 6.45) is 0.327. The molecule has 3 rings (SSSR count). The molecule has 0 aliphatic carbocycles. The van der Waals surface area contributed by atoms with E-state index in [-0.39, 0.29) is 31.1 Å². The fourth-order valence-electron chi connectivity index (χ4n) is 3.83. The number of rotatable bonds is 9. The van der Waals surface area contributed by atoms with Crippen molar-refractivity contribution in [2.45, 2.75) is 36.5 Å². The summed E-state index contributed by atoms with van der Waals surface area (Å²) in [5.74, 6) is -0.404. The number of benzene rings is 2. The molecule has 2 atom stereocenters. The molecule has 0 radical (unpaired) electrons. The van der Waals surface area contributed by atoms with Crippen LogP contribution in [0.4, 0.5) is 4.79 Å². The van der Waals surface area contributed by atoms with E-state index in [2.05, 4.69) is 11.9 Å². The number of nitrogens with one attached hydrogen (secondary N) is 1. The Morgan fingerprint density at radius 2 is 1.70 bits per heavy atom. The molecule has 2 amide bonds. The number of carboxylic acid groups (broad SMARTS) is 1. The number of hydrogen-bond acceptors (Lipinski definition) is 5. The van der Waals surface area contributed by atoms with Crippen molar-refractivity contribution >= 4 is 22.0 Å². The zero-order valence-corrected chi connectivity index (χ0v) is 18.8. The van der Waals surface area contributed by atoms with Crippen LogP contribution in [0.1, 0.15) is 17.5 Å². The number of carbonyl (C=O) groups excluding carboxylic acids is 1. The third kappa shape index (κ3) is 5.98. The molecule has 2 aromatic carbocycles. The summed E-state index contributed by atoms with van der Waals surface area (Å²) in [6, 6.07) is 14.1. The number of nitrogens with zero attached hydrogens (tertiary/aromatic N) is 2. The first-order valence-corrected chi connectivity index (χ1v) is 11.8. The third-order valence-electron chi connectivity index (χ3n) is 5.50. The van der Waals surface area contributed by atoms with E-state index in [0.29, 0.717) is 12.0 Å². The van der Waals surface area contributed by atoms with Crippen molar-refractivity contribution in [2.75, 3.05) is 13.2 Å². The molecular formula is C23H27N3O6S. The Bertz CT molecular complexity index is 1090. The smallest absolute Gasteiger partial charge is 0.407 e.